The standard InChI is InChI=1S/C15H25ClN2/c1-4-6-10-18(12(3)5-2)15-9-7-8-14(16)13(15)11-17/h7-9,12H,4-6,10-11,17H2,1-3H3. The molecule has 0 aromatic heterocycles. The maximum Gasteiger partial charge on any atom is 0.0471 e. The summed E-state index contributed by atoms with van der Waals surface area (Å²) in [6.07, 6.45) is 3.52. The van der Waals surface area contributed by atoms with Gasteiger partial charge in [-0.2, -0.15) is 0 Å². The monoisotopic (exact) mass is 268 g/mol. The predicted molar refractivity (Wildman–Crippen MR) is 81.4 cm³/mol. The average molecular weight is 269 g/mol. The number of benzene rings is 1. The number of nitrogens with two attached hydrogens (primary N) is 1. The maximum absolute atomic E-state index is 6.25. The third-order valence-corrected chi connectivity index (χ3v) is 3.84. The molecule has 0 amide bonds. The first-order valence-corrected chi connectivity index (χ1v) is 7.27. The van der Waals surface area contributed by atoms with Crippen LogP contribution in [0.5, 0.6) is 0 Å². The molecule has 0 aliphatic carbocycles. The van der Waals surface area contributed by atoms with Crippen LogP contribution >= 0.6 is 11.6 Å². The van der Waals surface area contributed by atoms with Crippen molar-refractivity contribution in [1.82, 2.24) is 0 Å². The van der Waals surface area contributed by atoms with Crippen molar-refractivity contribution in [2.24, 2.45) is 5.73 Å². The number of rotatable bonds is 7. The molecule has 0 spiro atoms. The molecule has 0 heterocycles. The van der Waals surface area contributed by atoms with E-state index in [2.05, 4.69) is 31.7 Å². The molecule has 102 valence electrons. The van der Waals surface area contributed by atoms with E-state index in [1.165, 1.54) is 18.5 Å². The highest BCUT2D eigenvalue weighted by Crippen LogP contribution is 2.29. The second kappa shape index (κ2) is 7.65. The predicted octanol–water partition coefficient (Wildman–Crippen LogP) is 4.20. The molecule has 0 saturated carbocycles. The zero-order valence-corrected chi connectivity index (χ0v) is 12.5. The fraction of sp³-hybridized carbons (Fsp3) is 0.600. The van der Waals surface area contributed by atoms with E-state index in [0.717, 1.165) is 23.6 Å². The van der Waals surface area contributed by atoms with Gasteiger partial charge in [0.05, 0.1) is 0 Å². The van der Waals surface area contributed by atoms with Crippen molar-refractivity contribution in [2.75, 3.05) is 11.4 Å². The first kappa shape index (κ1) is 15.3. The topological polar surface area (TPSA) is 29.3 Å². The molecule has 0 radical (unpaired) electrons. The van der Waals surface area contributed by atoms with Crippen LogP contribution in [0.3, 0.4) is 0 Å². The Morgan fingerprint density at radius 2 is 2.06 bits per heavy atom. The number of anilines is 1. The molecule has 0 aliphatic rings. The van der Waals surface area contributed by atoms with Gasteiger partial charge in [0, 0.05) is 35.4 Å². The van der Waals surface area contributed by atoms with Crippen LogP contribution in [-0.4, -0.2) is 12.6 Å². The molecular formula is C15H25ClN2. The Bertz CT molecular complexity index is 366. The van der Waals surface area contributed by atoms with E-state index in [-0.39, 0.29) is 0 Å². The van der Waals surface area contributed by atoms with E-state index in [1.807, 2.05) is 12.1 Å². The molecule has 2 N–H and O–H groups in total. The lowest BCUT2D eigenvalue weighted by atomic mass is 10.1. The molecule has 3 heteroatoms. The number of halogens is 1. The second-order valence-electron chi connectivity index (χ2n) is 4.75. The third-order valence-electron chi connectivity index (χ3n) is 3.48. The quantitative estimate of drug-likeness (QED) is 0.803. The summed E-state index contributed by atoms with van der Waals surface area (Å²) >= 11 is 6.25. The van der Waals surface area contributed by atoms with Gasteiger partial charge in [-0.05, 0) is 31.9 Å². The van der Waals surface area contributed by atoms with E-state index in [0.29, 0.717) is 12.6 Å². The van der Waals surface area contributed by atoms with Gasteiger partial charge in [0.1, 0.15) is 0 Å². The summed E-state index contributed by atoms with van der Waals surface area (Å²) < 4.78 is 0. The van der Waals surface area contributed by atoms with Gasteiger partial charge in [-0.15, -0.1) is 0 Å². The van der Waals surface area contributed by atoms with Crippen LogP contribution in [0.1, 0.15) is 45.6 Å². The number of hydrogen-bond donors (Lipinski definition) is 1. The molecule has 18 heavy (non-hydrogen) atoms. The zero-order chi connectivity index (χ0) is 13.5. The fourth-order valence-corrected chi connectivity index (χ4v) is 2.39. The van der Waals surface area contributed by atoms with Gasteiger partial charge in [-0.3, -0.25) is 0 Å². The first-order valence-electron chi connectivity index (χ1n) is 6.89. The summed E-state index contributed by atoms with van der Waals surface area (Å²) in [5, 5.41) is 0.778. The second-order valence-corrected chi connectivity index (χ2v) is 5.15. The molecule has 1 unspecified atom stereocenters. The third kappa shape index (κ3) is 3.63. The number of hydrogen-bond acceptors (Lipinski definition) is 2. The Hall–Kier alpha value is -0.730. The lowest BCUT2D eigenvalue weighted by Gasteiger charge is -2.32. The molecule has 1 aromatic rings. The summed E-state index contributed by atoms with van der Waals surface area (Å²) in [4.78, 5) is 2.44. The molecule has 1 aromatic carbocycles. The highest BCUT2D eigenvalue weighted by atomic mass is 35.5. The largest absolute Gasteiger partial charge is 0.369 e. The van der Waals surface area contributed by atoms with Crippen molar-refractivity contribution >= 4 is 17.3 Å². The number of nitrogens with zero attached hydrogens (tertiary/aromatic N) is 1. The summed E-state index contributed by atoms with van der Waals surface area (Å²) in [7, 11) is 0. The van der Waals surface area contributed by atoms with Crippen LogP contribution in [0.15, 0.2) is 18.2 Å². The summed E-state index contributed by atoms with van der Waals surface area (Å²) in [6.45, 7) is 8.26. The van der Waals surface area contributed by atoms with E-state index in [9.17, 15) is 0 Å². The summed E-state index contributed by atoms with van der Waals surface area (Å²) in [6, 6.07) is 6.58. The van der Waals surface area contributed by atoms with Crippen molar-refractivity contribution in [3.63, 3.8) is 0 Å². The lowest BCUT2D eigenvalue weighted by molar-refractivity contribution is 0.593. The van der Waals surface area contributed by atoms with Gasteiger partial charge in [-0.25, -0.2) is 0 Å². The Morgan fingerprint density at radius 1 is 1.33 bits per heavy atom. The molecule has 0 fully saturated rings. The smallest absolute Gasteiger partial charge is 0.0471 e. The molecule has 0 bridgehead atoms. The van der Waals surface area contributed by atoms with E-state index in [1.54, 1.807) is 0 Å². The normalized spacial score (nSPS) is 12.5. The van der Waals surface area contributed by atoms with Crippen molar-refractivity contribution in [3.05, 3.63) is 28.8 Å². The van der Waals surface area contributed by atoms with Crippen LogP contribution in [0, 0.1) is 0 Å². The van der Waals surface area contributed by atoms with Crippen molar-refractivity contribution < 1.29 is 0 Å². The van der Waals surface area contributed by atoms with E-state index >= 15 is 0 Å². The van der Waals surface area contributed by atoms with Crippen LogP contribution in [-0.2, 0) is 6.54 Å². The van der Waals surface area contributed by atoms with Crippen LogP contribution in [0.2, 0.25) is 5.02 Å². The van der Waals surface area contributed by atoms with Crippen LogP contribution < -0.4 is 10.6 Å². The minimum absolute atomic E-state index is 0.494. The van der Waals surface area contributed by atoms with Gasteiger partial charge >= 0.3 is 0 Å². The van der Waals surface area contributed by atoms with Crippen LogP contribution in [0.4, 0.5) is 5.69 Å². The Morgan fingerprint density at radius 3 is 2.61 bits per heavy atom. The maximum atomic E-state index is 6.25. The molecule has 1 atom stereocenters. The highest BCUT2D eigenvalue weighted by Gasteiger charge is 2.16. The van der Waals surface area contributed by atoms with Gasteiger partial charge in [0.2, 0.25) is 0 Å². The van der Waals surface area contributed by atoms with Gasteiger partial charge in [0.15, 0.2) is 0 Å². The minimum Gasteiger partial charge on any atom is -0.369 e. The summed E-state index contributed by atoms with van der Waals surface area (Å²) in [5.74, 6) is 0. The highest BCUT2D eigenvalue weighted by molar-refractivity contribution is 6.31. The Balaban J connectivity index is 3.07. The number of unbranched alkanes of at least 4 members (excludes halogenated alkanes) is 1. The molecular weight excluding hydrogens is 244 g/mol. The first-order chi connectivity index (χ1) is 8.65. The summed E-state index contributed by atoms with van der Waals surface area (Å²) in [5.41, 5.74) is 8.12. The van der Waals surface area contributed by atoms with Gasteiger partial charge in [-0.1, -0.05) is 37.9 Å². The van der Waals surface area contributed by atoms with Gasteiger partial charge in [0.25, 0.3) is 0 Å². The molecule has 0 saturated heterocycles. The van der Waals surface area contributed by atoms with Crippen LogP contribution in [0.25, 0.3) is 0 Å². The zero-order valence-electron chi connectivity index (χ0n) is 11.7. The molecule has 2 nitrogen and oxygen atoms in total. The van der Waals surface area contributed by atoms with Gasteiger partial charge < -0.3 is 10.6 Å². The lowest BCUT2D eigenvalue weighted by Crippen LogP contribution is -2.34. The molecule has 1 rings (SSSR count). The Labute approximate surface area is 116 Å². The Kier molecular flexibility index (Phi) is 6.51. The molecule has 0 aliphatic heterocycles. The van der Waals surface area contributed by atoms with E-state index < -0.39 is 0 Å². The van der Waals surface area contributed by atoms with Crippen molar-refractivity contribution in [3.8, 4) is 0 Å². The minimum atomic E-state index is 0.494. The van der Waals surface area contributed by atoms with Crippen molar-refractivity contribution in [2.45, 2.75) is 52.6 Å². The average Bonchev–Trinajstić information content (AvgIpc) is 2.39. The SMILES string of the molecule is CCCCN(c1cccc(Cl)c1CN)C(C)CC. The van der Waals surface area contributed by atoms with Crippen molar-refractivity contribution in [1.29, 1.82) is 0 Å². The van der Waals surface area contributed by atoms with E-state index in [4.69, 9.17) is 17.3 Å². The fourth-order valence-electron chi connectivity index (χ4n) is 2.15.